The summed E-state index contributed by atoms with van der Waals surface area (Å²) in [4.78, 5) is 26.4. The number of alkyl carbamates (subject to hydrolysis) is 1. The normalized spacial score (nSPS) is 11.6. The van der Waals surface area contributed by atoms with Gasteiger partial charge in [-0.1, -0.05) is 60.7 Å². The lowest BCUT2D eigenvalue weighted by Crippen LogP contribution is -2.44. The molecule has 1 N–H and O–H groups in total. The summed E-state index contributed by atoms with van der Waals surface area (Å²) in [5.41, 5.74) is 1.77. The molecule has 0 aromatic heterocycles. The minimum Gasteiger partial charge on any atom is -0.445 e. The predicted octanol–water partition coefficient (Wildman–Crippen LogP) is 4.37. The zero-order valence-electron chi connectivity index (χ0n) is 17.6. The molecule has 5 nitrogen and oxygen atoms in total. The van der Waals surface area contributed by atoms with Gasteiger partial charge in [-0.25, -0.2) is 9.59 Å². The van der Waals surface area contributed by atoms with Crippen LogP contribution in [-0.4, -0.2) is 30.6 Å². The largest absolute Gasteiger partial charge is 0.445 e. The van der Waals surface area contributed by atoms with Crippen molar-refractivity contribution < 1.29 is 19.1 Å². The molecule has 160 valence electrons. The van der Waals surface area contributed by atoms with Crippen molar-refractivity contribution in [2.24, 2.45) is 0 Å². The van der Waals surface area contributed by atoms with Crippen LogP contribution in [-0.2, 0) is 33.5 Å². The van der Waals surface area contributed by atoms with Gasteiger partial charge < -0.3 is 14.8 Å². The molecule has 3 aromatic carbocycles. The van der Waals surface area contributed by atoms with Gasteiger partial charge in [-0.05, 0) is 35.4 Å². The molecule has 0 aliphatic carbocycles. The third kappa shape index (κ3) is 7.19. The highest BCUT2D eigenvalue weighted by atomic mass is 32.2. The topological polar surface area (TPSA) is 64.6 Å². The van der Waals surface area contributed by atoms with Gasteiger partial charge >= 0.3 is 12.1 Å². The minimum atomic E-state index is -0.877. The first-order valence-corrected chi connectivity index (χ1v) is 12.0. The smallest absolute Gasteiger partial charge is 0.408 e. The standard InChI is InChI=1S/C25H25NO4S/c1-31(2)22-15-13-21(14-16-22)30-24(27)23(17-19-9-5-3-6-10-19)26-25(28)29-18-20-11-7-4-8-12-20/h3-16,23H,17-18H2,1-2H3/p+1/t23-/m0/s1. The summed E-state index contributed by atoms with van der Waals surface area (Å²) >= 11 is 0. The Morgan fingerprint density at radius 2 is 1.42 bits per heavy atom. The first kappa shape index (κ1) is 22.4. The number of rotatable bonds is 8. The molecule has 0 saturated carbocycles. The van der Waals surface area contributed by atoms with Crippen LogP contribution in [0, 0.1) is 0 Å². The van der Waals surface area contributed by atoms with E-state index < -0.39 is 18.1 Å². The Balaban J connectivity index is 1.66. The molecule has 3 rings (SSSR count). The Morgan fingerprint density at radius 3 is 2.00 bits per heavy atom. The maximum Gasteiger partial charge on any atom is 0.408 e. The fourth-order valence-electron chi connectivity index (χ4n) is 2.92. The zero-order valence-corrected chi connectivity index (χ0v) is 18.4. The summed E-state index contributed by atoms with van der Waals surface area (Å²) in [7, 11) is 0.125. The van der Waals surface area contributed by atoms with Crippen LogP contribution >= 0.6 is 0 Å². The van der Waals surface area contributed by atoms with Crippen molar-refractivity contribution >= 4 is 23.0 Å². The van der Waals surface area contributed by atoms with Crippen LogP contribution in [0.25, 0.3) is 0 Å². The van der Waals surface area contributed by atoms with Gasteiger partial charge in [0.05, 0.1) is 0 Å². The monoisotopic (exact) mass is 436 g/mol. The van der Waals surface area contributed by atoms with E-state index in [2.05, 4.69) is 17.8 Å². The third-order valence-corrected chi connectivity index (χ3v) is 5.80. The van der Waals surface area contributed by atoms with Crippen LogP contribution in [0.3, 0.4) is 0 Å². The van der Waals surface area contributed by atoms with E-state index in [1.807, 2.05) is 72.8 Å². The lowest BCUT2D eigenvalue weighted by molar-refractivity contribution is -0.136. The van der Waals surface area contributed by atoms with Crippen LogP contribution < -0.4 is 10.1 Å². The number of carbonyl (C=O) groups is 2. The van der Waals surface area contributed by atoms with Gasteiger partial charge in [-0.3, -0.25) is 0 Å². The molecular weight excluding hydrogens is 410 g/mol. The van der Waals surface area contributed by atoms with E-state index in [-0.39, 0.29) is 17.5 Å². The van der Waals surface area contributed by atoms with Gasteiger partial charge in [-0.15, -0.1) is 0 Å². The van der Waals surface area contributed by atoms with E-state index in [1.165, 1.54) is 4.90 Å². The molecule has 0 bridgehead atoms. The van der Waals surface area contributed by atoms with E-state index in [1.54, 1.807) is 12.1 Å². The lowest BCUT2D eigenvalue weighted by Gasteiger charge is -2.18. The quantitative estimate of drug-likeness (QED) is 0.324. The van der Waals surface area contributed by atoms with Gasteiger partial charge in [0.2, 0.25) is 0 Å². The van der Waals surface area contributed by atoms with Gasteiger partial charge in [0.15, 0.2) is 4.90 Å². The van der Waals surface area contributed by atoms with Crippen LogP contribution in [0.1, 0.15) is 11.1 Å². The summed E-state index contributed by atoms with van der Waals surface area (Å²) in [5.74, 6) is -0.100. The van der Waals surface area contributed by atoms with E-state index in [4.69, 9.17) is 9.47 Å². The van der Waals surface area contributed by atoms with Crippen molar-refractivity contribution in [3.8, 4) is 5.75 Å². The van der Waals surface area contributed by atoms with Crippen molar-refractivity contribution in [2.45, 2.75) is 24.0 Å². The Bertz CT molecular complexity index is 975. The Hall–Kier alpha value is -3.25. The van der Waals surface area contributed by atoms with E-state index in [0.29, 0.717) is 12.2 Å². The Labute approximate surface area is 185 Å². The maximum atomic E-state index is 12.9. The molecule has 0 spiro atoms. The Morgan fingerprint density at radius 1 is 0.839 bits per heavy atom. The number of benzene rings is 3. The number of carbonyl (C=O) groups excluding carboxylic acids is 2. The van der Waals surface area contributed by atoms with Gasteiger partial charge in [0.25, 0.3) is 0 Å². The molecule has 0 fully saturated rings. The predicted molar refractivity (Wildman–Crippen MR) is 123 cm³/mol. The van der Waals surface area contributed by atoms with Crippen molar-refractivity contribution in [1.82, 2.24) is 5.32 Å². The number of ether oxygens (including phenoxy) is 2. The number of nitrogens with one attached hydrogen (secondary N) is 1. The SMILES string of the molecule is C[S+](C)c1ccc(OC(=O)[C@H](Cc2ccccc2)NC(=O)OCc2ccccc2)cc1. The van der Waals surface area contributed by atoms with E-state index in [9.17, 15) is 9.59 Å². The molecule has 0 aliphatic rings. The summed E-state index contributed by atoms with van der Waals surface area (Å²) < 4.78 is 10.8. The molecular formula is C25H26NO4S+. The minimum absolute atomic E-state index is 0.122. The molecule has 0 heterocycles. The second-order valence-corrected chi connectivity index (χ2v) is 9.26. The average Bonchev–Trinajstić information content (AvgIpc) is 2.79. The molecule has 1 atom stereocenters. The first-order chi connectivity index (χ1) is 15.0. The van der Waals surface area contributed by atoms with Crippen molar-refractivity contribution in [2.75, 3.05) is 12.5 Å². The van der Waals surface area contributed by atoms with Gasteiger partial charge in [-0.2, -0.15) is 0 Å². The number of amides is 1. The number of hydrogen-bond acceptors (Lipinski definition) is 4. The van der Waals surface area contributed by atoms with Gasteiger partial charge in [0, 0.05) is 17.3 Å². The second kappa shape index (κ2) is 11.2. The van der Waals surface area contributed by atoms with Crippen LogP contribution in [0.5, 0.6) is 5.75 Å². The lowest BCUT2D eigenvalue weighted by atomic mass is 10.1. The molecule has 1 amide bonds. The number of esters is 1. The Kier molecular flexibility index (Phi) is 8.12. The highest BCUT2D eigenvalue weighted by Gasteiger charge is 2.24. The van der Waals surface area contributed by atoms with E-state index >= 15 is 0 Å². The third-order valence-electron chi connectivity index (χ3n) is 4.59. The average molecular weight is 437 g/mol. The summed E-state index contributed by atoms with van der Waals surface area (Å²) in [6.07, 6.45) is 3.88. The van der Waals surface area contributed by atoms with Crippen LogP contribution in [0.4, 0.5) is 4.79 Å². The highest BCUT2D eigenvalue weighted by molar-refractivity contribution is 7.95. The van der Waals surface area contributed by atoms with Crippen LogP contribution in [0.15, 0.2) is 89.8 Å². The number of hydrogen-bond donors (Lipinski definition) is 1. The molecule has 0 saturated heterocycles. The maximum absolute atomic E-state index is 12.9. The van der Waals surface area contributed by atoms with Gasteiger partial charge in [0.1, 0.15) is 30.9 Å². The van der Waals surface area contributed by atoms with Crippen molar-refractivity contribution in [1.29, 1.82) is 0 Å². The van der Waals surface area contributed by atoms with Crippen molar-refractivity contribution in [3.63, 3.8) is 0 Å². The summed E-state index contributed by atoms with van der Waals surface area (Å²) in [6.45, 7) is 0.122. The fraction of sp³-hybridized carbons (Fsp3) is 0.200. The fourth-order valence-corrected chi connectivity index (χ4v) is 3.60. The molecule has 0 unspecified atom stereocenters. The molecule has 3 aromatic rings. The molecule has 0 aliphatic heterocycles. The second-order valence-electron chi connectivity index (χ2n) is 7.16. The molecule has 0 radical (unpaired) electrons. The van der Waals surface area contributed by atoms with Crippen molar-refractivity contribution in [3.05, 3.63) is 96.1 Å². The first-order valence-electron chi connectivity index (χ1n) is 9.92. The van der Waals surface area contributed by atoms with Crippen LogP contribution in [0.2, 0.25) is 0 Å². The molecule has 6 heteroatoms. The molecule has 31 heavy (non-hydrogen) atoms. The summed E-state index contributed by atoms with van der Waals surface area (Å²) in [5, 5.41) is 2.65. The zero-order chi connectivity index (χ0) is 22.1. The summed E-state index contributed by atoms with van der Waals surface area (Å²) in [6, 6.07) is 25.4. The highest BCUT2D eigenvalue weighted by Crippen LogP contribution is 2.17. The van der Waals surface area contributed by atoms with E-state index in [0.717, 1.165) is 11.1 Å².